The minimum absolute atomic E-state index is 0.151. The van der Waals surface area contributed by atoms with Gasteiger partial charge in [-0.05, 0) is 54.8 Å². The molecule has 3 heteroatoms. The second-order valence-electron chi connectivity index (χ2n) is 4.67. The highest BCUT2D eigenvalue weighted by Gasteiger charge is 2.09. The Morgan fingerprint density at radius 2 is 1.84 bits per heavy atom. The second kappa shape index (κ2) is 6.07. The molecule has 1 N–H and O–H groups in total. The van der Waals surface area contributed by atoms with E-state index in [9.17, 15) is 4.39 Å². The molecule has 0 aliphatic heterocycles. The Bertz CT molecular complexity index is 531. The van der Waals surface area contributed by atoms with Gasteiger partial charge in [0.2, 0.25) is 0 Å². The van der Waals surface area contributed by atoms with Crippen molar-refractivity contribution in [2.24, 2.45) is 0 Å². The van der Waals surface area contributed by atoms with Crippen molar-refractivity contribution in [2.75, 3.05) is 5.32 Å². The summed E-state index contributed by atoms with van der Waals surface area (Å²) < 4.78 is 13.4. The lowest BCUT2D eigenvalue weighted by molar-refractivity contribution is 0.626. The number of anilines is 1. The molecule has 2 aromatic carbocycles. The number of hydrogen-bond acceptors (Lipinski definition) is 1. The van der Waals surface area contributed by atoms with Crippen LogP contribution in [0.5, 0.6) is 0 Å². The molecule has 1 nitrogen and oxygen atoms in total. The fourth-order valence-electron chi connectivity index (χ4n) is 2.14. The maximum Gasteiger partial charge on any atom is 0.125 e. The Morgan fingerprint density at radius 3 is 2.42 bits per heavy atom. The number of aryl methyl sites for hydroxylation is 1. The maximum atomic E-state index is 13.4. The summed E-state index contributed by atoms with van der Waals surface area (Å²) in [7, 11) is 0. The zero-order chi connectivity index (χ0) is 13.8. The fraction of sp³-hybridized carbons (Fsp3) is 0.250. The fourth-order valence-corrected chi connectivity index (χ4v) is 2.26. The van der Waals surface area contributed by atoms with E-state index >= 15 is 0 Å². The minimum atomic E-state index is -0.214. The van der Waals surface area contributed by atoms with Crippen molar-refractivity contribution in [3.63, 3.8) is 0 Å². The third-order valence-corrected chi connectivity index (χ3v) is 3.32. The first-order valence-electron chi connectivity index (χ1n) is 6.37. The van der Waals surface area contributed by atoms with Crippen LogP contribution >= 0.6 is 11.6 Å². The van der Waals surface area contributed by atoms with Crippen LogP contribution < -0.4 is 5.32 Å². The number of benzene rings is 2. The number of hydrogen-bond donors (Lipinski definition) is 1. The summed E-state index contributed by atoms with van der Waals surface area (Å²) in [6.45, 7) is 3.98. The number of halogens is 2. The van der Waals surface area contributed by atoms with Gasteiger partial charge in [0.1, 0.15) is 5.82 Å². The van der Waals surface area contributed by atoms with E-state index in [0.717, 1.165) is 28.3 Å². The quantitative estimate of drug-likeness (QED) is 0.794. The van der Waals surface area contributed by atoms with Crippen LogP contribution in [0.2, 0.25) is 5.02 Å². The van der Waals surface area contributed by atoms with Crippen LogP contribution in [0.1, 0.15) is 30.5 Å². The SMILES string of the molecule is CCC(Nc1cc(C)cc(F)c1)c1ccc(Cl)cc1. The van der Waals surface area contributed by atoms with Crippen molar-refractivity contribution in [1.82, 2.24) is 0 Å². The van der Waals surface area contributed by atoms with E-state index in [1.54, 1.807) is 0 Å². The highest BCUT2D eigenvalue weighted by molar-refractivity contribution is 6.30. The van der Waals surface area contributed by atoms with Crippen LogP contribution in [-0.2, 0) is 0 Å². The van der Waals surface area contributed by atoms with E-state index in [1.165, 1.54) is 12.1 Å². The van der Waals surface area contributed by atoms with E-state index in [2.05, 4.69) is 12.2 Å². The predicted molar refractivity (Wildman–Crippen MR) is 79.2 cm³/mol. The van der Waals surface area contributed by atoms with Gasteiger partial charge < -0.3 is 5.32 Å². The van der Waals surface area contributed by atoms with Gasteiger partial charge in [0, 0.05) is 10.7 Å². The van der Waals surface area contributed by atoms with Crippen molar-refractivity contribution in [3.8, 4) is 0 Å². The van der Waals surface area contributed by atoms with Crippen molar-refractivity contribution in [2.45, 2.75) is 26.3 Å². The van der Waals surface area contributed by atoms with Gasteiger partial charge in [0.05, 0.1) is 6.04 Å². The molecule has 0 aromatic heterocycles. The third-order valence-electron chi connectivity index (χ3n) is 3.06. The van der Waals surface area contributed by atoms with Gasteiger partial charge in [-0.15, -0.1) is 0 Å². The van der Waals surface area contributed by atoms with Crippen molar-refractivity contribution in [3.05, 3.63) is 64.4 Å². The molecular formula is C16H17ClFN. The van der Waals surface area contributed by atoms with E-state index in [1.807, 2.05) is 37.3 Å². The molecule has 1 unspecified atom stereocenters. The Hall–Kier alpha value is -1.54. The number of rotatable bonds is 4. The molecule has 0 aliphatic carbocycles. The van der Waals surface area contributed by atoms with E-state index in [-0.39, 0.29) is 11.9 Å². The summed E-state index contributed by atoms with van der Waals surface area (Å²) in [6, 6.07) is 12.9. The highest BCUT2D eigenvalue weighted by Crippen LogP contribution is 2.25. The van der Waals surface area contributed by atoms with Crippen LogP contribution in [0.3, 0.4) is 0 Å². The number of nitrogens with one attached hydrogen (secondary N) is 1. The highest BCUT2D eigenvalue weighted by atomic mass is 35.5. The summed E-state index contributed by atoms with van der Waals surface area (Å²) >= 11 is 5.89. The lowest BCUT2D eigenvalue weighted by Gasteiger charge is -2.19. The Kier molecular flexibility index (Phi) is 4.43. The van der Waals surface area contributed by atoms with E-state index in [4.69, 9.17) is 11.6 Å². The van der Waals surface area contributed by atoms with Gasteiger partial charge in [0.25, 0.3) is 0 Å². The van der Waals surface area contributed by atoms with Crippen LogP contribution in [0.25, 0.3) is 0 Å². The molecule has 0 radical (unpaired) electrons. The van der Waals surface area contributed by atoms with Crippen LogP contribution in [-0.4, -0.2) is 0 Å². The zero-order valence-corrected chi connectivity index (χ0v) is 11.8. The summed E-state index contributed by atoms with van der Waals surface area (Å²) in [5.74, 6) is -0.214. The molecule has 0 saturated heterocycles. The molecule has 0 spiro atoms. The van der Waals surface area contributed by atoms with Gasteiger partial charge in [-0.3, -0.25) is 0 Å². The van der Waals surface area contributed by atoms with Crippen LogP contribution in [0.4, 0.5) is 10.1 Å². The second-order valence-corrected chi connectivity index (χ2v) is 5.11. The van der Waals surface area contributed by atoms with Crippen LogP contribution in [0, 0.1) is 12.7 Å². The van der Waals surface area contributed by atoms with E-state index in [0.29, 0.717) is 0 Å². The molecule has 19 heavy (non-hydrogen) atoms. The topological polar surface area (TPSA) is 12.0 Å². The molecule has 0 bridgehead atoms. The van der Waals surface area contributed by atoms with Crippen molar-refractivity contribution < 1.29 is 4.39 Å². The molecule has 1 atom stereocenters. The van der Waals surface area contributed by atoms with Gasteiger partial charge in [-0.2, -0.15) is 0 Å². The molecule has 100 valence electrons. The summed E-state index contributed by atoms with van der Waals surface area (Å²) in [4.78, 5) is 0. The predicted octanol–water partition coefficient (Wildman–Crippen LogP) is 5.35. The molecule has 0 aliphatic rings. The zero-order valence-electron chi connectivity index (χ0n) is 11.1. The Balaban J connectivity index is 2.21. The molecular weight excluding hydrogens is 261 g/mol. The minimum Gasteiger partial charge on any atom is -0.378 e. The first-order chi connectivity index (χ1) is 9.08. The summed E-state index contributed by atoms with van der Waals surface area (Å²) in [6.07, 6.45) is 0.914. The lowest BCUT2D eigenvalue weighted by Crippen LogP contribution is -2.09. The first-order valence-corrected chi connectivity index (χ1v) is 6.75. The molecule has 0 fully saturated rings. The largest absolute Gasteiger partial charge is 0.378 e. The molecule has 0 amide bonds. The molecule has 2 rings (SSSR count). The lowest BCUT2D eigenvalue weighted by atomic mass is 10.0. The smallest absolute Gasteiger partial charge is 0.125 e. The van der Waals surface area contributed by atoms with Gasteiger partial charge in [-0.25, -0.2) is 4.39 Å². The molecule has 2 aromatic rings. The standard InChI is InChI=1S/C16H17ClFN/c1-3-16(12-4-6-13(17)7-5-12)19-15-9-11(2)8-14(18)10-15/h4-10,16,19H,3H2,1-2H3. The van der Waals surface area contributed by atoms with Crippen molar-refractivity contribution in [1.29, 1.82) is 0 Å². The first kappa shape index (κ1) is 13.9. The molecule has 0 heterocycles. The van der Waals surface area contributed by atoms with Gasteiger partial charge in [-0.1, -0.05) is 30.7 Å². The van der Waals surface area contributed by atoms with Crippen LogP contribution in [0.15, 0.2) is 42.5 Å². The monoisotopic (exact) mass is 277 g/mol. The average Bonchev–Trinajstić information content (AvgIpc) is 2.36. The molecule has 0 saturated carbocycles. The van der Waals surface area contributed by atoms with Gasteiger partial charge in [0.15, 0.2) is 0 Å². The normalized spacial score (nSPS) is 12.2. The third kappa shape index (κ3) is 3.71. The summed E-state index contributed by atoms with van der Waals surface area (Å²) in [5, 5.41) is 4.09. The maximum absolute atomic E-state index is 13.4. The van der Waals surface area contributed by atoms with Gasteiger partial charge >= 0.3 is 0 Å². The van der Waals surface area contributed by atoms with E-state index < -0.39 is 0 Å². The Labute approximate surface area is 118 Å². The average molecular weight is 278 g/mol. The summed E-state index contributed by atoms with van der Waals surface area (Å²) in [5.41, 5.74) is 2.86. The Morgan fingerprint density at radius 1 is 1.16 bits per heavy atom. The van der Waals surface area contributed by atoms with Crippen molar-refractivity contribution >= 4 is 17.3 Å².